The third-order valence-corrected chi connectivity index (χ3v) is 7.20. The van der Waals surface area contributed by atoms with Crippen LogP contribution in [-0.2, 0) is 11.3 Å². The lowest BCUT2D eigenvalue weighted by atomic mass is 10.2. The molecule has 1 amide bonds. The van der Waals surface area contributed by atoms with Crippen molar-refractivity contribution in [1.29, 1.82) is 0 Å². The van der Waals surface area contributed by atoms with Gasteiger partial charge in [0.2, 0.25) is 5.91 Å². The van der Waals surface area contributed by atoms with Gasteiger partial charge in [0.05, 0.1) is 0 Å². The molecule has 0 saturated carbocycles. The molecule has 0 bridgehead atoms. The Labute approximate surface area is 186 Å². The molecule has 0 spiro atoms. The van der Waals surface area contributed by atoms with E-state index < -0.39 is 0 Å². The minimum Gasteiger partial charge on any atom is -0.345 e. The Morgan fingerprint density at radius 2 is 2.03 bits per heavy atom. The third-order valence-electron chi connectivity index (χ3n) is 5.22. The van der Waals surface area contributed by atoms with Crippen LogP contribution in [0, 0.1) is 6.92 Å². The number of hydrogen-bond acceptors (Lipinski definition) is 7. The van der Waals surface area contributed by atoms with Gasteiger partial charge >= 0.3 is 0 Å². The summed E-state index contributed by atoms with van der Waals surface area (Å²) in [4.78, 5) is 38.8. The SMILES string of the molecule is CCN1CCN(c2nc3ncn(CC(=O)Nc4ccc(Br)c(C)c4)c(=O)c3s2)CC1. The zero-order valence-electron chi connectivity index (χ0n) is 16.9. The number of aromatic nitrogens is 3. The Morgan fingerprint density at radius 3 is 2.73 bits per heavy atom. The van der Waals surface area contributed by atoms with Gasteiger partial charge in [-0.2, -0.15) is 4.98 Å². The van der Waals surface area contributed by atoms with Crippen molar-refractivity contribution in [2.75, 3.05) is 42.9 Å². The molecule has 1 aliphatic rings. The molecular formula is C20H23BrN6O2S. The predicted octanol–water partition coefficient (Wildman–Crippen LogP) is 2.70. The Bertz CT molecular complexity index is 1140. The summed E-state index contributed by atoms with van der Waals surface area (Å²) in [6, 6.07) is 5.57. The summed E-state index contributed by atoms with van der Waals surface area (Å²) in [6.07, 6.45) is 1.40. The van der Waals surface area contributed by atoms with Gasteiger partial charge in [-0.1, -0.05) is 34.2 Å². The van der Waals surface area contributed by atoms with E-state index in [1.165, 1.54) is 22.2 Å². The van der Waals surface area contributed by atoms with Crippen molar-refractivity contribution in [2.24, 2.45) is 0 Å². The summed E-state index contributed by atoms with van der Waals surface area (Å²) in [7, 11) is 0. The van der Waals surface area contributed by atoms with E-state index in [1.807, 2.05) is 25.1 Å². The molecule has 0 aliphatic carbocycles. The monoisotopic (exact) mass is 490 g/mol. The molecule has 10 heteroatoms. The van der Waals surface area contributed by atoms with E-state index in [2.05, 4.69) is 47.9 Å². The van der Waals surface area contributed by atoms with Crippen LogP contribution in [0.25, 0.3) is 10.3 Å². The second-order valence-electron chi connectivity index (χ2n) is 7.26. The molecule has 30 heavy (non-hydrogen) atoms. The van der Waals surface area contributed by atoms with Gasteiger partial charge in [0.1, 0.15) is 17.6 Å². The molecule has 0 atom stereocenters. The zero-order chi connectivity index (χ0) is 21.3. The lowest BCUT2D eigenvalue weighted by molar-refractivity contribution is -0.116. The summed E-state index contributed by atoms with van der Waals surface area (Å²) in [5.74, 6) is -0.277. The molecule has 3 aromatic rings. The average molecular weight is 491 g/mol. The predicted molar refractivity (Wildman–Crippen MR) is 124 cm³/mol. The highest BCUT2D eigenvalue weighted by Crippen LogP contribution is 2.26. The number of likely N-dealkylation sites (N-methyl/N-ethyl adjacent to an activating group) is 1. The second kappa shape index (κ2) is 8.83. The number of anilines is 2. The number of fused-ring (bicyclic) bond motifs is 1. The van der Waals surface area contributed by atoms with Gasteiger partial charge in [-0.3, -0.25) is 14.2 Å². The normalized spacial score (nSPS) is 15.0. The molecule has 2 aromatic heterocycles. The molecule has 1 aromatic carbocycles. The van der Waals surface area contributed by atoms with Crippen LogP contribution in [0.1, 0.15) is 12.5 Å². The van der Waals surface area contributed by atoms with Crippen molar-refractivity contribution >= 4 is 54.3 Å². The van der Waals surface area contributed by atoms with Crippen LogP contribution < -0.4 is 15.8 Å². The molecule has 158 valence electrons. The Kier molecular flexibility index (Phi) is 6.16. The van der Waals surface area contributed by atoms with Gasteiger partial charge in [0.15, 0.2) is 10.8 Å². The van der Waals surface area contributed by atoms with E-state index in [4.69, 9.17) is 0 Å². The van der Waals surface area contributed by atoms with Crippen molar-refractivity contribution in [3.05, 3.63) is 44.9 Å². The van der Waals surface area contributed by atoms with Crippen LogP contribution >= 0.6 is 27.3 Å². The van der Waals surface area contributed by atoms with Crippen LogP contribution in [-0.4, -0.2) is 58.1 Å². The van der Waals surface area contributed by atoms with Crippen molar-refractivity contribution in [3.63, 3.8) is 0 Å². The quantitative estimate of drug-likeness (QED) is 0.591. The highest BCUT2D eigenvalue weighted by atomic mass is 79.9. The van der Waals surface area contributed by atoms with Crippen molar-refractivity contribution in [3.8, 4) is 0 Å². The number of benzene rings is 1. The van der Waals surface area contributed by atoms with Crippen molar-refractivity contribution in [2.45, 2.75) is 20.4 Å². The Balaban J connectivity index is 1.49. The van der Waals surface area contributed by atoms with Crippen LogP contribution in [0.4, 0.5) is 10.8 Å². The maximum absolute atomic E-state index is 12.9. The first kappa shape index (κ1) is 21.0. The first-order chi connectivity index (χ1) is 14.4. The molecule has 1 fully saturated rings. The first-order valence-corrected chi connectivity index (χ1v) is 11.4. The van der Waals surface area contributed by atoms with Gasteiger partial charge in [-0.15, -0.1) is 0 Å². The fourth-order valence-electron chi connectivity index (χ4n) is 3.42. The average Bonchev–Trinajstić information content (AvgIpc) is 3.18. The molecule has 1 aliphatic heterocycles. The Hall–Kier alpha value is -2.30. The van der Waals surface area contributed by atoms with Crippen LogP contribution in [0.3, 0.4) is 0 Å². The number of nitrogens with one attached hydrogen (secondary N) is 1. The van der Waals surface area contributed by atoms with Crippen molar-refractivity contribution in [1.82, 2.24) is 19.4 Å². The molecule has 0 unspecified atom stereocenters. The van der Waals surface area contributed by atoms with Crippen LogP contribution in [0.15, 0.2) is 33.8 Å². The van der Waals surface area contributed by atoms with Gasteiger partial charge in [0.25, 0.3) is 5.56 Å². The number of halogens is 1. The van der Waals surface area contributed by atoms with E-state index in [1.54, 1.807) is 0 Å². The van der Waals surface area contributed by atoms with E-state index in [-0.39, 0.29) is 18.0 Å². The van der Waals surface area contributed by atoms with E-state index in [0.717, 1.165) is 47.9 Å². The van der Waals surface area contributed by atoms with Gasteiger partial charge < -0.3 is 15.1 Å². The fourth-order valence-corrected chi connectivity index (χ4v) is 4.68. The van der Waals surface area contributed by atoms with Crippen LogP contribution in [0.2, 0.25) is 0 Å². The Morgan fingerprint density at radius 1 is 1.27 bits per heavy atom. The second-order valence-corrected chi connectivity index (χ2v) is 9.09. The molecule has 8 nitrogen and oxygen atoms in total. The van der Waals surface area contributed by atoms with E-state index >= 15 is 0 Å². The minimum atomic E-state index is -0.277. The fraction of sp³-hybridized carbons (Fsp3) is 0.400. The summed E-state index contributed by atoms with van der Waals surface area (Å²) in [5, 5.41) is 3.65. The first-order valence-electron chi connectivity index (χ1n) is 9.84. The number of nitrogens with zero attached hydrogens (tertiary/aromatic N) is 5. The topological polar surface area (TPSA) is 83.4 Å². The third kappa shape index (κ3) is 4.40. The summed E-state index contributed by atoms with van der Waals surface area (Å²) in [5.41, 5.74) is 1.91. The molecule has 4 rings (SSSR count). The molecular weight excluding hydrogens is 468 g/mol. The molecule has 3 heterocycles. The van der Waals surface area contributed by atoms with Gasteiger partial charge in [-0.25, -0.2) is 4.98 Å². The maximum Gasteiger partial charge on any atom is 0.273 e. The highest BCUT2D eigenvalue weighted by molar-refractivity contribution is 9.10. The van der Waals surface area contributed by atoms with Gasteiger partial charge in [-0.05, 0) is 37.2 Å². The van der Waals surface area contributed by atoms with Gasteiger partial charge in [0, 0.05) is 36.3 Å². The molecule has 1 saturated heterocycles. The smallest absolute Gasteiger partial charge is 0.273 e. The number of rotatable bonds is 5. The lowest BCUT2D eigenvalue weighted by Gasteiger charge is -2.33. The number of thiazole rings is 1. The number of piperazine rings is 1. The standard InChI is InChI=1S/C20H23BrN6O2S/c1-3-25-6-8-26(9-7-25)20-24-18-17(30-20)19(29)27(12-22-18)11-16(28)23-14-4-5-15(21)13(2)10-14/h4-5,10,12H,3,6-9,11H2,1-2H3,(H,23,28). The molecule has 1 N–H and O–H groups in total. The largest absolute Gasteiger partial charge is 0.345 e. The number of aryl methyl sites for hydroxylation is 1. The number of amides is 1. The highest BCUT2D eigenvalue weighted by Gasteiger charge is 2.20. The lowest BCUT2D eigenvalue weighted by Crippen LogP contribution is -2.46. The maximum atomic E-state index is 12.9. The summed E-state index contributed by atoms with van der Waals surface area (Å²) >= 11 is 4.79. The van der Waals surface area contributed by atoms with E-state index in [0.29, 0.717) is 16.0 Å². The number of hydrogen-bond donors (Lipinski definition) is 1. The van der Waals surface area contributed by atoms with Crippen molar-refractivity contribution < 1.29 is 4.79 Å². The zero-order valence-corrected chi connectivity index (χ0v) is 19.3. The summed E-state index contributed by atoms with van der Waals surface area (Å²) in [6.45, 7) is 8.80. The van der Waals surface area contributed by atoms with E-state index in [9.17, 15) is 9.59 Å². The number of carbonyl (C=O) groups is 1. The number of carbonyl (C=O) groups excluding carboxylic acids is 1. The minimum absolute atomic E-state index is 0.0979. The van der Waals surface area contributed by atoms with Crippen LogP contribution in [0.5, 0.6) is 0 Å². The summed E-state index contributed by atoms with van der Waals surface area (Å²) < 4.78 is 2.79. The molecule has 0 radical (unpaired) electrons.